The van der Waals surface area contributed by atoms with Crippen LogP contribution >= 0.6 is 0 Å². The Balaban J connectivity index is 2.06. The van der Waals surface area contributed by atoms with Gasteiger partial charge in [0, 0.05) is 5.57 Å². The van der Waals surface area contributed by atoms with Crippen LogP contribution in [-0.2, 0) is 4.79 Å². The van der Waals surface area contributed by atoms with E-state index in [1.807, 2.05) is 0 Å². The fourth-order valence-electron chi connectivity index (χ4n) is 4.52. The molecule has 0 aliphatic heterocycles. The molecule has 0 unspecified atom stereocenters. The molecule has 3 rings (SSSR count). The number of hydrogen-bond acceptors (Lipinski definition) is 1. The predicted octanol–water partition coefficient (Wildman–Crippen LogP) is 5.62. The topological polar surface area (TPSA) is 17.1 Å². The molecule has 1 saturated carbocycles. The molecule has 1 fully saturated rings. The van der Waals surface area contributed by atoms with E-state index in [0.29, 0.717) is 5.57 Å². The number of hydrogen-bond donors (Lipinski definition) is 0. The Bertz CT molecular complexity index is 618. The summed E-state index contributed by atoms with van der Waals surface area (Å²) in [6.07, 6.45) is 16.0. The summed E-state index contributed by atoms with van der Waals surface area (Å²) in [5.74, 6) is 0.105. The fourth-order valence-corrected chi connectivity index (χ4v) is 4.52. The first kappa shape index (κ1) is 15.3. The van der Waals surface area contributed by atoms with Crippen LogP contribution in [0.4, 0.5) is 0 Å². The number of ketones is 1. The maximum atomic E-state index is 11.9. The molecule has 0 saturated heterocycles. The quantitative estimate of drug-likeness (QED) is 0.615. The molecule has 0 aromatic rings. The van der Waals surface area contributed by atoms with Crippen LogP contribution in [0, 0.1) is 5.41 Å². The lowest BCUT2D eigenvalue weighted by atomic mass is 9.73. The lowest BCUT2D eigenvalue weighted by molar-refractivity contribution is -0.113. The molecule has 3 aliphatic carbocycles. The molecule has 116 valence electrons. The van der Waals surface area contributed by atoms with E-state index in [1.165, 1.54) is 54.4 Å². The van der Waals surface area contributed by atoms with E-state index in [2.05, 4.69) is 31.4 Å². The van der Waals surface area contributed by atoms with Crippen molar-refractivity contribution in [2.45, 2.75) is 58.3 Å². The average Bonchev–Trinajstić information content (AvgIpc) is 3.15. The molecule has 0 aromatic carbocycles. The maximum Gasteiger partial charge on any atom is 0.159 e. The Hall–Kier alpha value is -1.63. The average molecular weight is 294 g/mol. The highest BCUT2D eigenvalue weighted by atomic mass is 16.1. The van der Waals surface area contributed by atoms with Gasteiger partial charge in [-0.15, -0.1) is 0 Å². The normalized spacial score (nSPS) is 23.0. The van der Waals surface area contributed by atoms with Crippen LogP contribution in [-0.4, -0.2) is 5.78 Å². The lowest BCUT2D eigenvalue weighted by Gasteiger charge is -2.30. The molecule has 1 spiro atoms. The summed E-state index contributed by atoms with van der Waals surface area (Å²) in [5, 5.41) is 0. The lowest BCUT2D eigenvalue weighted by Crippen LogP contribution is -2.18. The summed E-state index contributed by atoms with van der Waals surface area (Å²) < 4.78 is 0. The SMILES string of the molecule is C=C(C(C)=O)C1=C(C(=C)C2=CC=CCC2)C2(CCCC2)CC1. The molecule has 0 amide bonds. The number of rotatable bonds is 4. The van der Waals surface area contributed by atoms with Crippen LogP contribution in [0.3, 0.4) is 0 Å². The zero-order valence-corrected chi connectivity index (χ0v) is 13.7. The van der Waals surface area contributed by atoms with Gasteiger partial charge in [-0.3, -0.25) is 4.79 Å². The molecule has 0 atom stereocenters. The molecule has 0 radical (unpaired) electrons. The smallest absolute Gasteiger partial charge is 0.159 e. The minimum atomic E-state index is 0.105. The van der Waals surface area contributed by atoms with Crippen molar-refractivity contribution in [3.63, 3.8) is 0 Å². The minimum Gasteiger partial charge on any atom is -0.295 e. The number of allylic oxidation sites excluding steroid dienone is 8. The third kappa shape index (κ3) is 2.47. The molecule has 22 heavy (non-hydrogen) atoms. The van der Waals surface area contributed by atoms with E-state index in [0.717, 1.165) is 19.3 Å². The van der Waals surface area contributed by atoms with Crippen molar-refractivity contribution in [1.82, 2.24) is 0 Å². The standard InChI is InChI=1S/C21H26O/c1-15(17(3)22)19-11-14-21(12-7-8-13-21)20(19)16(2)18-9-5-4-6-10-18/h4-5,9H,1-2,6-8,10-14H2,3H3. The highest BCUT2D eigenvalue weighted by molar-refractivity contribution is 5.97. The Morgan fingerprint density at radius 3 is 2.45 bits per heavy atom. The van der Waals surface area contributed by atoms with Gasteiger partial charge in [0.05, 0.1) is 0 Å². The first-order chi connectivity index (χ1) is 10.6. The number of Topliss-reactive ketones (excluding diaryl/α,β-unsaturated/α-hetero) is 1. The van der Waals surface area contributed by atoms with Gasteiger partial charge in [-0.05, 0) is 73.2 Å². The van der Waals surface area contributed by atoms with E-state index >= 15 is 0 Å². The summed E-state index contributed by atoms with van der Waals surface area (Å²) in [7, 11) is 0. The molecule has 0 bridgehead atoms. The third-order valence-electron chi connectivity index (χ3n) is 5.74. The van der Waals surface area contributed by atoms with E-state index in [1.54, 1.807) is 6.92 Å². The molecule has 0 aromatic heterocycles. The van der Waals surface area contributed by atoms with E-state index in [-0.39, 0.29) is 11.2 Å². The van der Waals surface area contributed by atoms with Crippen LogP contribution in [0.25, 0.3) is 0 Å². The summed E-state index contributed by atoms with van der Waals surface area (Å²) in [4.78, 5) is 11.9. The fraction of sp³-hybridized carbons (Fsp3) is 0.476. The molecule has 0 N–H and O–H groups in total. The van der Waals surface area contributed by atoms with Crippen molar-refractivity contribution >= 4 is 5.78 Å². The molecule has 1 nitrogen and oxygen atoms in total. The minimum absolute atomic E-state index is 0.105. The first-order valence-corrected chi connectivity index (χ1v) is 8.54. The Morgan fingerprint density at radius 2 is 1.86 bits per heavy atom. The highest BCUT2D eigenvalue weighted by Gasteiger charge is 2.44. The van der Waals surface area contributed by atoms with Gasteiger partial charge in [-0.2, -0.15) is 0 Å². The second-order valence-corrected chi connectivity index (χ2v) is 7.01. The van der Waals surface area contributed by atoms with Crippen molar-refractivity contribution in [3.8, 4) is 0 Å². The Labute approximate surface area is 134 Å². The monoisotopic (exact) mass is 294 g/mol. The van der Waals surface area contributed by atoms with Crippen LogP contribution < -0.4 is 0 Å². The number of carbonyl (C=O) groups is 1. The van der Waals surface area contributed by atoms with Crippen LogP contribution in [0.5, 0.6) is 0 Å². The van der Waals surface area contributed by atoms with Gasteiger partial charge >= 0.3 is 0 Å². The molecular formula is C21H26O. The predicted molar refractivity (Wildman–Crippen MR) is 92.6 cm³/mol. The maximum absolute atomic E-state index is 11.9. The van der Waals surface area contributed by atoms with E-state index in [9.17, 15) is 4.79 Å². The number of carbonyl (C=O) groups excluding carboxylic acids is 1. The van der Waals surface area contributed by atoms with E-state index < -0.39 is 0 Å². The van der Waals surface area contributed by atoms with Gasteiger partial charge in [0.15, 0.2) is 5.78 Å². The summed E-state index contributed by atoms with van der Waals surface area (Å²) >= 11 is 0. The summed E-state index contributed by atoms with van der Waals surface area (Å²) in [5.41, 5.74) is 6.10. The van der Waals surface area contributed by atoms with Gasteiger partial charge in [-0.25, -0.2) is 0 Å². The van der Waals surface area contributed by atoms with Crippen LogP contribution in [0.1, 0.15) is 58.3 Å². The van der Waals surface area contributed by atoms with Crippen molar-refractivity contribution in [1.29, 1.82) is 0 Å². The van der Waals surface area contributed by atoms with Crippen molar-refractivity contribution in [3.05, 3.63) is 59.3 Å². The molecule has 0 heterocycles. The van der Waals surface area contributed by atoms with Gasteiger partial charge < -0.3 is 0 Å². The van der Waals surface area contributed by atoms with Crippen LogP contribution in [0.15, 0.2) is 59.3 Å². The van der Waals surface area contributed by atoms with Crippen molar-refractivity contribution in [2.75, 3.05) is 0 Å². The molecular weight excluding hydrogens is 268 g/mol. The zero-order chi connectivity index (χ0) is 15.7. The second kappa shape index (κ2) is 5.87. The van der Waals surface area contributed by atoms with Gasteiger partial charge in [0.1, 0.15) is 0 Å². The third-order valence-corrected chi connectivity index (χ3v) is 5.74. The zero-order valence-electron chi connectivity index (χ0n) is 13.7. The first-order valence-electron chi connectivity index (χ1n) is 8.54. The second-order valence-electron chi connectivity index (χ2n) is 7.01. The van der Waals surface area contributed by atoms with E-state index in [4.69, 9.17) is 0 Å². The van der Waals surface area contributed by atoms with Crippen molar-refractivity contribution < 1.29 is 4.79 Å². The summed E-state index contributed by atoms with van der Waals surface area (Å²) in [6, 6.07) is 0. The van der Waals surface area contributed by atoms with Gasteiger partial charge in [0.25, 0.3) is 0 Å². The molecule has 1 heteroatoms. The van der Waals surface area contributed by atoms with Crippen molar-refractivity contribution in [2.24, 2.45) is 5.41 Å². The highest BCUT2D eigenvalue weighted by Crippen LogP contribution is 2.58. The Kier molecular flexibility index (Phi) is 4.08. The Morgan fingerprint density at radius 1 is 1.14 bits per heavy atom. The largest absolute Gasteiger partial charge is 0.295 e. The van der Waals surface area contributed by atoms with Gasteiger partial charge in [-0.1, -0.05) is 44.2 Å². The van der Waals surface area contributed by atoms with Crippen LogP contribution in [0.2, 0.25) is 0 Å². The van der Waals surface area contributed by atoms with Gasteiger partial charge in [0.2, 0.25) is 0 Å². The summed E-state index contributed by atoms with van der Waals surface area (Å²) in [6.45, 7) is 10.2. The molecule has 3 aliphatic rings.